The number of nitrogens with one attached hydrogen (secondary N) is 2. The summed E-state index contributed by atoms with van der Waals surface area (Å²) in [5, 5.41) is 7.62. The molecule has 4 nitrogen and oxygen atoms in total. The largest absolute Gasteiger partial charge is 0.370 e. The number of benzene rings is 1. The third kappa shape index (κ3) is 3.13. The Labute approximate surface area is 131 Å². The van der Waals surface area contributed by atoms with E-state index < -0.39 is 0 Å². The van der Waals surface area contributed by atoms with Crippen molar-refractivity contribution in [3.05, 3.63) is 53.1 Å². The van der Waals surface area contributed by atoms with E-state index in [9.17, 15) is 0 Å². The first-order valence-electron chi connectivity index (χ1n) is 6.78. The van der Waals surface area contributed by atoms with E-state index in [1.807, 2.05) is 43.3 Å². The van der Waals surface area contributed by atoms with Crippen LogP contribution in [0.2, 0.25) is 0 Å². The molecule has 0 fully saturated rings. The van der Waals surface area contributed by atoms with Gasteiger partial charge >= 0.3 is 0 Å². The second kappa shape index (κ2) is 6.10. The summed E-state index contributed by atoms with van der Waals surface area (Å²) in [5.41, 5.74) is 1.87. The van der Waals surface area contributed by atoms with Crippen LogP contribution in [0.3, 0.4) is 0 Å². The van der Waals surface area contributed by atoms with Gasteiger partial charge in [-0.2, -0.15) is 0 Å². The van der Waals surface area contributed by atoms with Gasteiger partial charge in [-0.3, -0.25) is 4.98 Å². The minimum Gasteiger partial charge on any atom is -0.370 e. The van der Waals surface area contributed by atoms with Gasteiger partial charge in [0.15, 0.2) is 0 Å². The van der Waals surface area contributed by atoms with Crippen LogP contribution >= 0.6 is 15.9 Å². The fourth-order valence-electron chi connectivity index (χ4n) is 2.16. The highest BCUT2D eigenvalue weighted by Crippen LogP contribution is 2.26. The molecule has 1 aromatic carbocycles. The first-order chi connectivity index (χ1) is 10.3. The number of fused-ring (bicyclic) bond motifs is 1. The Morgan fingerprint density at radius 1 is 1.10 bits per heavy atom. The molecular weight excluding hydrogens is 328 g/mol. The van der Waals surface area contributed by atoms with Gasteiger partial charge in [0.25, 0.3) is 0 Å². The molecule has 0 aliphatic carbocycles. The first-order valence-corrected chi connectivity index (χ1v) is 7.58. The highest BCUT2D eigenvalue weighted by Gasteiger charge is 2.04. The van der Waals surface area contributed by atoms with Gasteiger partial charge < -0.3 is 10.6 Å². The zero-order valence-electron chi connectivity index (χ0n) is 11.6. The Balaban J connectivity index is 1.96. The Bertz CT molecular complexity index is 773. The molecule has 0 aliphatic heterocycles. The Morgan fingerprint density at radius 3 is 2.76 bits per heavy atom. The predicted octanol–water partition coefficient (Wildman–Crippen LogP) is 4.57. The van der Waals surface area contributed by atoms with Crippen LogP contribution in [0.25, 0.3) is 10.9 Å². The number of para-hydroxylation sites is 1. The van der Waals surface area contributed by atoms with Crippen molar-refractivity contribution in [2.24, 2.45) is 0 Å². The summed E-state index contributed by atoms with van der Waals surface area (Å²) in [6.07, 6.45) is 1.80. The van der Waals surface area contributed by atoms with Gasteiger partial charge in [0, 0.05) is 22.6 Å². The zero-order chi connectivity index (χ0) is 14.7. The van der Waals surface area contributed by atoms with E-state index in [2.05, 4.69) is 42.6 Å². The molecule has 0 bridgehead atoms. The van der Waals surface area contributed by atoms with Crippen molar-refractivity contribution in [2.75, 3.05) is 17.2 Å². The van der Waals surface area contributed by atoms with Crippen LogP contribution in [0, 0.1) is 0 Å². The molecule has 5 heteroatoms. The van der Waals surface area contributed by atoms with Gasteiger partial charge in [-0.05, 0) is 47.1 Å². The lowest BCUT2D eigenvalue weighted by Gasteiger charge is -2.10. The van der Waals surface area contributed by atoms with Crippen molar-refractivity contribution in [1.29, 1.82) is 0 Å². The zero-order valence-corrected chi connectivity index (χ0v) is 13.2. The van der Waals surface area contributed by atoms with Gasteiger partial charge in [0.05, 0.1) is 11.2 Å². The molecular formula is C16H15BrN4. The van der Waals surface area contributed by atoms with E-state index in [1.165, 1.54) is 0 Å². The van der Waals surface area contributed by atoms with E-state index in [0.717, 1.165) is 39.2 Å². The number of rotatable bonds is 4. The number of pyridine rings is 2. The number of nitrogens with zero attached hydrogens (tertiary/aromatic N) is 2. The first kappa shape index (κ1) is 13.8. The lowest BCUT2D eigenvalue weighted by atomic mass is 10.2. The highest BCUT2D eigenvalue weighted by molar-refractivity contribution is 9.10. The fourth-order valence-corrected chi connectivity index (χ4v) is 2.51. The molecule has 0 amide bonds. The van der Waals surface area contributed by atoms with Crippen molar-refractivity contribution in [3.8, 4) is 0 Å². The topological polar surface area (TPSA) is 49.8 Å². The average Bonchev–Trinajstić information content (AvgIpc) is 2.48. The lowest BCUT2D eigenvalue weighted by Crippen LogP contribution is -2.01. The molecule has 2 N–H and O–H groups in total. The van der Waals surface area contributed by atoms with Gasteiger partial charge in [0.1, 0.15) is 11.6 Å². The van der Waals surface area contributed by atoms with Crippen LogP contribution in [-0.4, -0.2) is 16.5 Å². The van der Waals surface area contributed by atoms with Gasteiger partial charge in [-0.25, -0.2) is 4.98 Å². The fraction of sp³-hybridized carbons (Fsp3) is 0.125. The molecule has 0 saturated heterocycles. The maximum atomic E-state index is 4.52. The van der Waals surface area contributed by atoms with Crippen LogP contribution in [0.4, 0.5) is 17.3 Å². The molecule has 0 unspecified atom stereocenters. The second-order valence-corrected chi connectivity index (χ2v) is 5.51. The highest BCUT2D eigenvalue weighted by atomic mass is 79.9. The van der Waals surface area contributed by atoms with Gasteiger partial charge in [-0.15, -0.1) is 0 Å². The van der Waals surface area contributed by atoms with Crippen LogP contribution in [0.15, 0.2) is 53.1 Å². The maximum absolute atomic E-state index is 4.52. The number of hydrogen-bond donors (Lipinski definition) is 2. The van der Waals surface area contributed by atoms with Crippen molar-refractivity contribution in [2.45, 2.75) is 6.92 Å². The van der Waals surface area contributed by atoms with E-state index in [1.54, 1.807) is 6.20 Å². The van der Waals surface area contributed by atoms with Crippen molar-refractivity contribution in [1.82, 2.24) is 9.97 Å². The predicted molar refractivity (Wildman–Crippen MR) is 91.1 cm³/mol. The van der Waals surface area contributed by atoms with Crippen LogP contribution in [0.1, 0.15) is 6.92 Å². The number of aromatic nitrogens is 2. The van der Waals surface area contributed by atoms with Crippen LogP contribution in [0.5, 0.6) is 0 Å². The molecule has 0 aliphatic rings. The summed E-state index contributed by atoms with van der Waals surface area (Å²) >= 11 is 3.45. The van der Waals surface area contributed by atoms with E-state index in [0.29, 0.717) is 0 Å². The van der Waals surface area contributed by atoms with Gasteiger partial charge in [-0.1, -0.05) is 18.2 Å². The number of hydrogen-bond acceptors (Lipinski definition) is 4. The third-order valence-electron chi connectivity index (χ3n) is 3.05. The Morgan fingerprint density at radius 2 is 1.90 bits per heavy atom. The number of halogens is 1. The monoisotopic (exact) mass is 342 g/mol. The summed E-state index contributed by atoms with van der Waals surface area (Å²) in [6, 6.07) is 14.0. The second-order valence-electron chi connectivity index (χ2n) is 4.59. The van der Waals surface area contributed by atoms with Crippen molar-refractivity contribution < 1.29 is 0 Å². The van der Waals surface area contributed by atoms with Crippen molar-refractivity contribution >= 4 is 44.2 Å². The van der Waals surface area contributed by atoms with Crippen LogP contribution in [-0.2, 0) is 0 Å². The number of anilines is 3. The molecule has 21 heavy (non-hydrogen) atoms. The normalized spacial score (nSPS) is 10.6. The Hall–Kier alpha value is -2.14. The molecule has 0 spiro atoms. The van der Waals surface area contributed by atoms with E-state index in [4.69, 9.17) is 0 Å². The standard InChI is InChI=1S/C16H15BrN4/c1-2-18-14-7-4-8-15(21-14)20-13-6-3-5-11-9-12(17)10-19-16(11)13/h3-10H,2H2,1H3,(H2,18,20,21). The third-order valence-corrected chi connectivity index (χ3v) is 3.48. The van der Waals surface area contributed by atoms with E-state index in [-0.39, 0.29) is 0 Å². The molecule has 2 aromatic heterocycles. The Kier molecular flexibility index (Phi) is 4.01. The maximum Gasteiger partial charge on any atom is 0.132 e. The summed E-state index contributed by atoms with van der Waals surface area (Å²) in [6.45, 7) is 2.90. The molecule has 2 heterocycles. The minimum absolute atomic E-state index is 0.797. The molecule has 0 atom stereocenters. The SMILES string of the molecule is CCNc1cccc(Nc2cccc3cc(Br)cnc23)n1. The summed E-state index contributed by atoms with van der Waals surface area (Å²) in [5.74, 6) is 1.66. The summed E-state index contributed by atoms with van der Waals surface area (Å²) in [7, 11) is 0. The average molecular weight is 343 g/mol. The minimum atomic E-state index is 0.797. The molecule has 0 radical (unpaired) electrons. The van der Waals surface area contributed by atoms with Crippen LogP contribution < -0.4 is 10.6 Å². The van der Waals surface area contributed by atoms with Crippen molar-refractivity contribution in [3.63, 3.8) is 0 Å². The molecule has 106 valence electrons. The summed E-state index contributed by atoms with van der Waals surface area (Å²) in [4.78, 5) is 9.01. The lowest BCUT2D eigenvalue weighted by molar-refractivity contribution is 1.16. The van der Waals surface area contributed by atoms with Gasteiger partial charge in [0.2, 0.25) is 0 Å². The smallest absolute Gasteiger partial charge is 0.132 e. The molecule has 3 rings (SSSR count). The summed E-state index contributed by atoms with van der Waals surface area (Å²) < 4.78 is 0.972. The van der Waals surface area contributed by atoms with E-state index >= 15 is 0 Å². The molecule has 0 saturated carbocycles. The quantitative estimate of drug-likeness (QED) is 0.729. The molecule has 3 aromatic rings.